The average Bonchev–Trinajstić information content (AvgIpc) is 3.47. The second-order valence-corrected chi connectivity index (χ2v) is 6.46. The summed E-state index contributed by atoms with van der Waals surface area (Å²) in [6, 6.07) is 7.82. The van der Waals surface area contributed by atoms with Gasteiger partial charge in [0.05, 0.1) is 19.8 Å². The molecule has 1 aromatic carbocycles. The lowest BCUT2D eigenvalue weighted by Gasteiger charge is -2.36. The Hall–Kier alpha value is -2.28. The molecular weight excluding hydrogens is 320 g/mol. The van der Waals surface area contributed by atoms with Crippen LogP contribution in [-0.2, 0) is 4.79 Å². The van der Waals surface area contributed by atoms with Crippen molar-refractivity contribution in [3.63, 3.8) is 0 Å². The molecule has 0 aromatic heterocycles. The van der Waals surface area contributed by atoms with Crippen molar-refractivity contribution >= 4 is 11.9 Å². The number of aliphatic hydroxyl groups is 1. The fourth-order valence-corrected chi connectivity index (χ4v) is 3.13. The molecule has 2 N–H and O–H groups in total. The molecule has 1 saturated carbocycles. The summed E-state index contributed by atoms with van der Waals surface area (Å²) in [6.07, 6.45) is 1.58. The largest absolute Gasteiger partial charge is 0.497 e. The van der Waals surface area contributed by atoms with Crippen LogP contribution in [0.2, 0.25) is 0 Å². The van der Waals surface area contributed by atoms with Crippen LogP contribution < -0.4 is 10.1 Å². The Bertz CT molecular complexity index is 645. The van der Waals surface area contributed by atoms with Crippen LogP contribution in [0.5, 0.6) is 5.75 Å². The summed E-state index contributed by atoms with van der Waals surface area (Å²) in [4.78, 5) is 20.5. The highest BCUT2D eigenvalue weighted by molar-refractivity contribution is 5.88. The summed E-state index contributed by atoms with van der Waals surface area (Å²) < 4.78 is 5.19. The van der Waals surface area contributed by atoms with Crippen LogP contribution in [0.4, 0.5) is 0 Å². The lowest BCUT2D eigenvalue weighted by molar-refractivity contribution is -0.135. The number of guanidine groups is 1. The maximum Gasteiger partial charge on any atom is 0.242 e. The zero-order chi connectivity index (χ0) is 17.8. The maximum absolute atomic E-state index is 12.3. The van der Waals surface area contributed by atoms with Gasteiger partial charge in [-0.2, -0.15) is 0 Å². The van der Waals surface area contributed by atoms with Gasteiger partial charge < -0.3 is 25.0 Å². The molecule has 2 aliphatic rings. The molecule has 25 heavy (non-hydrogen) atoms. The summed E-state index contributed by atoms with van der Waals surface area (Å²) in [5.41, 5.74) is 0.775. The Morgan fingerprint density at radius 2 is 2.24 bits per heavy atom. The van der Waals surface area contributed by atoms with Crippen LogP contribution in [0.25, 0.3) is 0 Å². The van der Waals surface area contributed by atoms with Gasteiger partial charge in [-0.3, -0.25) is 9.79 Å². The number of benzene rings is 1. The van der Waals surface area contributed by atoms with Crippen molar-refractivity contribution in [1.29, 1.82) is 0 Å². The van der Waals surface area contributed by atoms with Gasteiger partial charge in [0.25, 0.3) is 0 Å². The molecule has 1 atom stereocenters. The third-order valence-corrected chi connectivity index (χ3v) is 4.69. The van der Waals surface area contributed by atoms with Crippen LogP contribution in [0, 0.1) is 0 Å². The predicted octanol–water partition coefficient (Wildman–Crippen LogP) is 0.611. The van der Waals surface area contributed by atoms with E-state index in [4.69, 9.17) is 4.74 Å². The highest BCUT2D eigenvalue weighted by atomic mass is 16.5. The number of nitrogens with zero attached hydrogens (tertiary/aromatic N) is 3. The first-order chi connectivity index (χ1) is 12.1. The average molecular weight is 346 g/mol. The fraction of sp³-hybridized carbons (Fsp3) is 0.556. The van der Waals surface area contributed by atoms with Crippen molar-refractivity contribution < 1.29 is 14.6 Å². The number of aliphatic hydroxyl groups excluding tert-OH is 1. The normalized spacial score (nSPS) is 19.8. The van der Waals surface area contributed by atoms with Crippen LogP contribution in [0.15, 0.2) is 29.3 Å². The second-order valence-electron chi connectivity index (χ2n) is 6.46. The first kappa shape index (κ1) is 17.5. The molecule has 0 bridgehead atoms. The molecule has 7 nitrogen and oxygen atoms in total. The van der Waals surface area contributed by atoms with Gasteiger partial charge in [0.2, 0.25) is 5.91 Å². The van der Waals surface area contributed by atoms with Gasteiger partial charge in [0, 0.05) is 32.7 Å². The van der Waals surface area contributed by atoms with Crippen molar-refractivity contribution in [3.8, 4) is 5.75 Å². The van der Waals surface area contributed by atoms with E-state index in [2.05, 4.69) is 10.3 Å². The minimum Gasteiger partial charge on any atom is -0.497 e. The van der Waals surface area contributed by atoms with Gasteiger partial charge in [-0.1, -0.05) is 12.1 Å². The number of carbonyl (C=O) groups excluding carboxylic acids is 1. The number of aliphatic imine (C=N–C) groups is 1. The number of ether oxygens (including phenoxy) is 1. The van der Waals surface area contributed by atoms with E-state index in [1.165, 1.54) is 0 Å². The predicted molar refractivity (Wildman–Crippen MR) is 95.6 cm³/mol. The second kappa shape index (κ2) is 7.74. The molecular formula is C18H26N4O3. The number of nitrogens with one attached hydrogen (secondary N) is 1. The lowest BCUT2D eigenvalue weighted by atomic mass is 10.1. The zero-order valence-corrected chi connectivity index (χ0v) is 14.8. The van der Waals surface area contributed by atoms with Crippen LogP contribution in [-0.4, -0.2) is 73.2 Å². The molecule has 1 aromatic rings. The van der Waals surface area contributed by atoms with Gasteiger partial charge >= 0.3 is 0 Å². The molecule has 1 aliphatic heterocycles. The molecule has 0 radical (unpaired) electrons. The first-order valence-electron chi connectivity index (χ1n) is 8.69. The van der Waals surface area contributed by atoms with E-state index in [0.717, 1.165) is 31.5 Å². The third-order valence-electron chi connectivity index (χ3n) is 4.69. The smallest absolute Gasteiger partial charge is 0.242 e. The molecule has 1 unspecified atom stereocenters. The topological polar surface area (TPSA) is 77.4 Å². The number of piperazine rings is 1. The number of hydrogen-bond donors (Lipinski definition) is 2. The van der Waals surface area contributed by atoms with E-state index >= 15 is 0 Å². The molecule has 1 heterocycles. The molecule has 0 spiro atoms. The lowest BCUT2D eigenvalue weighted by Crippen LogP contribution is -2.56. The Morgan fingerprint density at radius 3 is 2.88 bits per heavy atom. The summed E-state index contributed by atoms with van der Waals surface area (Å²) in [5, 5.41) is 13.6. The zero-order valence-electron chi connectivity index (χ0n) is 14.8. The number of hydrogen-bond acceptors (Lipinski definition) is 4. The van der Waals surface area contributed by atoms with E-state index in [9.17, 15) is 9.90 Å². The van der Waals surface area contributed by atoms with Crippen LogP contribution in [0.3, 0.4) is 0 Å². The van der Waals surface area contributed by atoms with E-state index in [1.54, 1.807) is 14.2 Å². The fourth-order valence-electron chi connectivity index (χ4n) is 3.13. The van der Waals surface area contributed by atoms with E-state index in [1.807, 2.05) is 34.1 Å². The Balaban J connectivity index is 1.54. The third kappa shape index (κ3) is 4.22. The van der Waals surface area contributed by atoms with Crippen molar-refractivity contribution in [2.24, 2.45) is 4.99 Å². The summed E-state index contributed by atoms with van der Waals surface area (Å²) in [6.45, 7) is 2.15. The molecule has 1 saturated heterocycles. The number of rotatable bonds is 5. The minimum absolute atomic E-state index is 0.157. The number of carbonyl (C=O) groups is 1. The standard InChI is InChI=1S/C18H26N4O3/c1-19-18(21-8-9-22(14-6-7-14)17(24)12-21)20-11-16(23)13-4-3-5-15(10-13)25-2/h3-5,10,14,16,23H,6-9,11-12H2,1-2H3,(H,19,20). The van der Waals surface area contributed by atoms with Gasteiger partial charge in [0.1, 0.15) is 5.75 Å². The summed E-state index contributed by atoms with van der Waals surface area (Å²) in [5.74, 6) is 1.51. The van der Waals surface area contributed by atoms with Crippen molar-refractivity contribution in [1.82, 2.24) is 15.1 Å². The minimum atomic E-state index is -0.685. The van der Waals surface area contributed by atoms with Crippen LogP contribution in [0.1, 0.15) is 24.5 Å². The molecule has 7 heteroatoms. The summed E-state index contributed by atoms with van der Waals surface area (Å²) in [7, 11) is 3.29. The highest BCUT2D eigenvalue weighted by Gasteiger charge is 2.36. The number of amides is 1. The summed E-state index contributed by atoms with van der Waals surface area (Å²) >= 11 is 0. The first-order valence-corrected chi connectivity index (χ1v) is 8.69. The monoisotopic (exact) mass is 346 g/mol. The quantitative estimate of drug-likeness (QED) is 0.603. The molecule has 136 valence electrons. The van der Waals surface area contributed by atoms with Gasteiger partial charge in [0.15, 0.2) is 5.96 Å². The molecule has 1 aliphatic carbocycles. The van der Waals surface area contributed by atoms with Crippen LogP contribution >= 0.6 is 0 Å². The molecule has 1 amide bonds. The van der Waals surface area contributed by atoms with E-state index < -0.39 is 6.10 Å². The Labute approximate surface area is 148 Å². The van der Waals surface area contributed by atoms with Crippen molar-refractivity contribution in [2.45, 2.75) is 25.0 Å². The SMILES string of the molecule is CN=C(NCC(O)c1cccc(OC)c1)N1CCN(C2CC2)C(=O)C1. The van der Waals surface area contributed by atoms with E-state index in [0.29, 0.717) is 30.8 Å². The molecule has 3 rings (SSSR count). The maximum atomic E-state index is 12.3. The number of methoxy groups -OCH3 is 1. The van der Waals surface area contributed by atoms with E-state index in [-0.39, 0.29) is 5.91 Å². The van der Waals surface area contributed by atoms with Gasteiger partial charge in [-0.05, 0) is 30.5 Å². The van der Waals surface area contributed by atoms with Gasteiger partial charge in [-0.25, -0.2) is 0 Å². The Morgan fingerprint density at radius 1 is 1.44 bits per heavy atom. The van der Waals surface area contributed by atoms with Crippen molar-refractivity contribution in [2.75, 3.05) is 40.3 Å². The van der Waals surface area contributed by atoms with Crippen molar-refractivity contribution in [3.05, 3.63) is 29.8 Å². The molecule has 2 fully saturated rings. The van der Waals surface area contributed by atoms with Gasteiger partial charge in [-0.15, -0.1) is 0 Å². The Kier molecular flexibility index (Phi) is 5.43. The highest BCUT2D eigenvalue weighted by Crippen LogP contribution is 2.28.